The molecule has 2 aromatic rings. The van der Waals surface area contributed by atoms with Gasteiger partial charge in [-0.2, -0.15) is 0 Å². The second-order valence-electron chi connectivity index (χ2n) is 6.72. The lowest BCUT2D eigenvalue weighted by Crippen LogP contribution is -2.33. The highest BCUT2D eigenvalue weighted by Gasteiger charge is 2.40. The van der Waals surface area contributed by atoms with Crippen molar-refractivity contribution in [3.8, 4) is 12.3 Å². The highest BCUT2D eigenvalue weighted by Crippen LogP contribution is 2.38. The number of hydrogen-bond acceptors (Lipinski definition) is 4. The largest absolute Gasteiger partial charge is 0.372 e. The summed E-state index contributed by atoms with van der Waals surface area (Å²) < 4.78 is 20.2. The zero-order valence-electron chi connectivity index (χ0n) is 15.5. The van der Waals surface area contributed by atoms with Gasteiger partial charge in [-0.15, -0.1) is 6.42 Å². The van der Waals surface area contributed by atoms with E-state index in [9.17, 15) is 9.18 Å². The molecule has 3 rings (SSSR count). The van der Waals surface area contributed by atoms with Crippen LogP contribution in [0.15, 0.2) is 52.3 Å². The molecule has 1 atom stereocenters. The predicted molar refractivity (Wildman–Crippen MR) is 106 cm³/mol. The summed E-state index contributed by atoms with van der Waals surface area (Å²) in [7, 11) is 1.66. The number of rotatable bonds is 6. The Hall–Kier alpha value is -2.13. The molecule has 0 radical (unpaired) electrons. The Bertz CT molecular complexity index is 875. The lowest BCUT2D eigenvalue weighted by molar-refractivity contribution is -0.00528. The van der Waals surface area contributed by atoms with E-state index in [0.29, 0.717) is 18.7 Å². The standard InChI is InChI=1S/C22H22FNO2S/c1-4-10-24-11-9-22(15-24,26-3)18-12-19(23)14-21(13-18)27-20-7-5-17(6-8-20)16(2)25/h1,5-8,12-14H,9-11,15H2,2-3H3. The Balaban J connectivity index is 1.86. The fraction of sp³-hybridized carbons (Fsp3) is 0.318. The van der Waals surface area contributed by atoms with Gasteiger partial charge in [0.1, 0.15) is 11.4 Å². The fourth-order valence-electron chi connectivity index (χ4n) is 3.42. The average Bonchev–Trinajstić information content (AvgIpc) is 3.06. The number of hydrogen-bond donors (Lipinski definition) is 0. The summed E-state index contributed by atoms with van der Waals surface area (Å²) in [5, 5.41) is 0. The van der Waals surface area contributed by atoms with Gasteiger partial charge in [0.05, 0.1) is 6.54 Å². The van der Waals surface area contributed by atoms with Crippen LogP contribution >= 0.6 is 11.8 Å². The molecule has 1 saturated heterocycles. The van der Waals surface area contributed by atoms with Crippen molar-refractivity contribution in [1.82, 2.24) is 4.90 Å². The quantitative estimate of drug-likeness (QED) is 0.548. The van der Waals surface area contributed by atoms with Gasteiger partial charge in [0.25, 0.3) is 0 Å². The van der Waals surface area contributed by atoms with Crippen LogP contribution in [0.5, 0.6) is 0 Å². The number of ketones is 1. The first kappa shape index (κ1) is 19.6. The molecule has 0 saturated carbocycles. The highest BCUT2D eigenvalue weighted by atomic mass is 32.2. The van der Waals surface area contributed by atoms with Crippen molar-refractivity contribution in [2.24, 2.45) is 0 Å². The SMILES string of the molecule is C#CCN1CCC(OC)(c2cc(F)cc(Sc3ccc(C(C)=O)cc3)c2)C1. The smallest absolute Gasteiger partial charge is 0.159 e. The molecule has 27 heavy (non-hydrogen) atoms. The first-order chi connectivity index (χ1) is 13.0. The van der Waals surface area contributed by atoms with Gasteiger partial charge in [0.15, 0.2) is 5.78 Å². The maximum atomic E-state index is 14.3. The van der Waals surface area contributed by atoms with Crippen molar-refractivity contribution in [2.75, 3.05) is 26.7 Å². The number of carbonyl (C=O) groups is 1. The van der Waals surface area contributed by atoms with E-state index < -0.39 is 5.60 Å². The number of ether oxygens (including phenoxy) is 1. The summed E-state index contributed by atoms with van der Waals surface area (Å²) >= 11 is 1.46. The summed E-state index contributed by atoms with van der Waals surface area (Å²) in [5.41, 5.74) is 0.941. The van der Waals surface area contributed by atoms with Crippen molar-refractivity contribution < 1.29 is 13.9 Å². The minimum atomic E-state index is -0.549. The van der Waals surface area contributed by atoms with Crippen LogP contribution in [0.3, 0.4) is 0 Å². The molecule has 1 unspecified atom stereocenters. The van der Waals surface area contributed by atoms with E-state index in [4.69, 9.17) is 11.2 Å². The third-order valence-electron chi connectivity index (χ3n) is 4.91. The number of nitrogens with zero attached hydrogens (tertiary/aromatic N) is 1. The van der Waals surface area contributed by atoms with Crippen LogP contribution in [0.1, 0.15) is 29.3 Å². The van der Waals surface area contributed by atoms with Gasteiger partial charge in [-0.3, -0.25) is 9.69 Å². The normalized spacial score (nSPS) is 19.8. The van der Waals surface area contributed by atoms with E-state index in [1.807, 2.05) is 18.2 Å². The molecule has 1 aliphatic rings. The summed E-state index contributed by atoms with van der Waals surface area (Å²) in [4.78, 5) is 15.3. The number of benzene rings is 2. The third-order valence-corrected chi connectivity index (χ3v) is 5.89. The second kappa shape index (κ2) is 8.26. The number of methoxy groups -OCH3 is 1. The summed E-state index contributed by atoms with van der Waals surface area (Å²) in [5.74, 6) is 2.40. The number of terminal acetylenes is 1. The van der Waals surface area contributed by atoms with Gasteiger partial charge in [0.2, 0.25) is 0 Å². The van der Waals surface area contributed by atoms with Crippen LogP contribution < -0.4 is 0 Å². The van der Waals surface area contributed by atoms with E-state index in [-0.39, 0.29) is 11.6 Å². The fourth-order valence-corrected chi connectivity index (χ4v) is 4.32. The Morgan fingerprint density at radius 3 is 2.67 bits per heavy atom. The summed E-state index contributed by atoms with van der Waals surface area (Å²) in [6.45, 7) is 3.57. The summed E-state index contributed by atoms with van der Waals surface area (Å²) in [6, 6.07) is 12.4. The zero-order chi connectivity index (χ0) is 19.4. The van der Waals surface area contributed by atoms with Crippen molar-refractivity contribution in [2.45, 2.75) is 28.7 Å². The first-order valence-electron chi connectivity index (χ1n) is 8.77. The molecule has 0 amide bonds. The van der Waals surface area contributed by atoms with Crippen molar-refractivity contribution in [3.63, 3.8) is 0 Å². The van der Waals surface area contributed by atoms with Crippen LogP contribution in [0.25, 0.3) is 0 Å². The maximum Gasteiger partial charge on any atom is 0.159 e. The minimum Gasteiger partial charge on any atom is -0.372 e. The molecular weight excluding hydrogens is 361 g/mol. The second-order valence-corrected chi connectivity index (χ2v) is 7.87. The van der Waals surface area contributed by atoms with Gasteiger partial charge in [-0.05, 0) is 49.2 Å². The minimum absolute atomic E-state index is 0.0272. The molecule has 2 aromatic carbocycles. The van der Waals surface area contributed by atoms with Gasteiger partial charge >= 0.3 is 0 Å². The van der Waals surface area contributed by atoms with Crippen LogP contribution in [0.4, 0.5) is 4.39 Å². The molecule has 0 N–H and O–H groups in total. The van der Waals surface area contributed by atoms with E-state index in [0.717, 1.165) is 28.3 Å². The van der Waals surface area contributed by atoms with E-state index in [2.05, 4.69) is 10.8 Å². The molecule has 3 nitrogen and oxygen atoms in total. The molecule has 140 valence electrons. The van der Waals surface area contributed by atoms with Crippen molar-refractivity contribution in [1.29, 1.82) is 0 Å². The maximum absolute atomic E-state index is 14.3. The third kappa shape index (κ3) is 4.41. The topological polar surface area (TPSA) is 29.5 Å². The van der Waals surface area contributed by atoms with Crippen LogP contribution in [0, 0.1) is 18.2 Å². The van der Waals surface area contributed by atoms with Gasteiger partial charge in [-0.25, -0.2) is 4.39 Å². The molecule has 1 heterocycles. The van der Waals surface area contributed by atoms with Crippen LogP contribution in [0.2, 0.25) is 0 Å². The molecule has 5 heteroatoms. The monoisotopic (exact) mass is 383 g/mol. The Kier molecular flexibility index (Phi) is 6.01. The zero-order valence-corrected chi connectivity index (χ0v) is 16.3. The molecule has 1 aliphatic heterocycles. The molecule has 0 bridgehead atoms. The van der Waals surface area contributed by atoms with Gasteiger partial charge in [-0.1, -0.05) is 29.8 Å². The van der Waals surface area contributed by atoms with E-state index in [1.165, 1.54) is 24.8 Å². The Labute approximate surface area is 163 Å². The summed E-state index contributed by atoms with van der Waals surface area (Å²) in [6.07, 6.45) is 6.19. The average molecular weight is 383 g/mol. The molecular formula is C22H22FNO2S. The van der Waals surface area contributed by atoms with Crippen LogP contribution in [-0.2, 0) is 10.3 Å². The van der Waals surface area contributed by atoms with Crippen molar-refractivity contribution in [3.05, 3.63) is 59.4 Å². The molecule has 0 aromatic heterocycles. The molecule has 0 spiro atoms. The number of halogens is 1. The number of carbonyl (C=O) groups excluding carboxylic acids is 1. The number of Topliss-reactive ketones (excluding diaryl/α,β-unsaturated/α-hetero) is 1. The Morgan fingerprint density at radius 1 is 1.30 bits per heavy atom. The lowest BCUT2D eigenvalue weighted by atomic mass is 9.92. The van der Waals surface area contributed by atoms with E-state index in [1.54, 1.807) is 25.3 Å². The lowest BCUT2D eigenvalue weighted by Gasteiger charge is -2.29. The number of likely N-dealkylation sites (tertiary alicyclic amines) is 1. The molecule has 1 fully saturated rings. The highest BCUT2D eigenvalue weighted by molar-refractivity contribution is 7.99. The first-order valence-corrected chi connectivity index (χ1v) is 9.58. The predicted octanol–water partition coefficient (Wildman–Crippen LogP) is 4.36. The van der Waals surface area contributed by atoms with Gasteiger partial charge < -0.3 is 4.74 Å². The molecule has 0 aliphatic carbocycles. The Morgan fingerprint density at radius 2 is 2.04 bits per heavy atom. The van der Waals surface area contributed by atoms with E-state index >= 15 is 0 Å². The van der Waals surface area contributed by atoms with Gasteiger partial charge in [0, 0.05) is 35.6 Å². The van der Waals surface area contributed by atoms with Crippen molar-refractivity contribution >= 4 is 17.5 Å². The van der Waals surface area contributed by atoms with Crippen LogP contribution in [-0.4, -0.2) is 37.4 Å².